The van der Waals surface area contributed by atoms with Crippen LogP contribution in [-0.2, 0) is 6.61 Å². The standard InChI is InChI=1S/C22H21N5O2/c1-28-17-3-4-18-19(12-17)24-11-8-20(18)29-14-22-26-25-21-5-2-16(13-27(21)22)15-6-9-23-10-7-15/h2-6,8,11-13,23H,7,9-10,14H2,1H3. The van der Waals surface area contributed by atoms with Crippen LogP contribution in [0.1, 0.15) is 17.8 Å². The Bertz CT molecular complexity index is 1210. The highest BCUT2D eigenvalue weighted by atomic mass is 16.5. The third kappa shape index (κ3) is 3.40. The second-order valence-corrected chi connectivity index (χ2v) is 6.93. The number of fused-ring (bicyclic) bond motifs is 2. The van der Waals surface area contributed by atoms with Crippen LogP contribution in [0.25, 0.3) is 22.1 Å². The predicted molar refractivity (Wildman–Crippen MR) is 111 cm³/mol. The number of nitrogens with one attached hydrogen (secondary N) is 1. The fourth-order valence-corrected chi connectivity index (χ4v) is 3.61. The lowest BCUT2D eigenvalue weighted by molar-refractivity contribution is 0.298. The molecular weight excluding hydrogens is 366 g/mol. The first-order chi connectivity index (χ1) is 14.3. The van der Waals surface area contributed by atoms with Gasteiger partial charge in [0.25, 0.3) is 0 Å². The van der Waals surface area contributed by atoms with Crippen LogP contribution in [0.5, 0.6) is 11.5 Å². The van der Waals surface area contributed by atoms with Crippen molar-refractivity contribution in [3.8, 4) is 11.5 Å². The van der Waals surface area contributed by atoms with Crippen molar-refractivity contribution in [3.63, 3.8) is 0 Å². The van der Waals surface area contributed by atoms with Crippen LogP contribution in [0.15, 0.2) is 54.9 Å². The molecule has 4 aromatic rings. The van der Waals surface area contributed by atoms with Gasteiger partial charge in [-0.05, 0) is 54.4 Å². The first-order valence-electron chi connectivity index (χ1n) is 9.61. The van der Waals surface area contributed by atoms with Crippen LogP contribution in [0.4, 0.5) is 0 Å². The molecule has 7 nitrogen and oxygen atoms in total. The van der Waals surface area contributed by atoms with E-state index in [9.17, 15) is 0 Å². The second-order valence-electron chi connectivity index (χ2n) is 6.93. The molecule has 29 heavy (non-hydrogen) atoms. The van der Waals surface area contributed by atoms with Gasteiger partial charge in [-0.25, -0.2) is 0 Å². The topological polar surface area (TPSA) is 73.6 Å². The molecule has 0 bridgehead atoms. The summed E-state index contributed by atoms with van der Waals surface area (Å²) in [6.07, 6.45) is 7.09. The van der Waals surface area contributed by atoms with Gasteiger partial charge < -0.3 is 14.8 Å². The summed E-state index contributed by atoms with van der Waals surface area (Å²) in [5.41, 5.74) is 4.18. The Morgan fingerprint density at radius 1 is 1.14 bits per heavy atom. The number of methoxy groups -OCH3 is 1. The summed E-state index contributed by atoms with van der Waals surface area (Å²) in [7, 11) is 1.64. The van der Waals surface area contributed by atoms with Crippen molar-refractivity contribution in [2.45, 2.75) is 13.0 Å². The van der Waals surface area contributed by atoms with E-state index >= 15 is 0 Å². The molecule has 0 spiro atoms. The van der Waals surface area contributed by atoms with Crippen molar-refractivity contribution < 1.29 is 9.47 Å². The molecule has 0 amide bonds. The predicted octanol–water partition coefficient (Wildman–Crippen LogP) is 3.24. The molecule has 0 fully saturated rings. The summed E-state index contributed by atoms with van der Waals surface area (Å²) < 4.78 is 13.4. The number of aromatic nitrogens is 4. The van der Waals surface area contributed by atoms with Crippen LogP contribution in [0.3, 0.4) is 0 Å². The summed E-state index contributed by atoms with van der Waals surface area (Å²) >= 11 is 0. The summed E-state index contributed by atoms with van der Waals surface area (Å²) in [6, 6.07) is 11.7. The number of pyridine rings is 2. The van der Waals surface area contributed by atoms with Gasteiger partial charge in [0.2, 0.25) is 0 Å². The number of benzene rings is 1. The Hall–Kier alpha value is -3.45. The van der Waals surface area contributed by atoms with Crippen LogP contribution in [0, 0.1) is 0 Å². The molecule has 0 atom stereocenters. The zero-order valence-corrected chi connectivity index (χ0v) is 16.1. The van der Waals surface area contributed by atoms with Crippen molar-refractivity contribution in [2.75, 3.05) is 20.2 Å². The molecule has 0 aliphatic carbocycles. The van der Waals surface area contributed by atoms with E-state index in [1.165, 1.54) is 11.1 Å². The summed E-state index contributed by atoms with van der Waals surface area (Å²) in [5.74, 6) is 2.28. The number of hydrogen-bond donors (Lipinski definition) is 1. The number of rotatable bonds is 5. The lowest BCUT2D eigenvalue weighted by Gasteiger charge is -2.14. The van der Waals surface area contributed by atoms with E-state index in [2.05, 4.69) is 38.8 Å². The molecule has 0 saturated heterocycles. The fourth-order valence-electron chi connectivity index (χ4n) is 3.61. The van der Waals surface area contributed by atoms with Crippen LogP contribution < -0.4 is 14.8 Å². The van der Waals surface area contributed by atoms with Crippen LogP contribution >= 0.6 is 0 Å². The molecule has 3 aromatic heterocycles. The lowest BCUT2D eigenvalue weighted by atomic mass is 10.0. The van der Waals surface area contributed by atoms with E-state index < -0.39 is 0 Å². The number of ether oxygens (including phenoxy) is 2. The molecule has 7 heteroatoms. The van der Waals surface area contributed by atoms with Crippen LogP contribution in [0.2, 0.25) is 0 Å². The second kappa shape index (κ2) is 7.52. The third-order valence-corrected chi connectivity index (χ3v) is 5.17. The van der Waals surface area contributed by atoms with Crippen molar-refractivity contribution >= 4 is 22.1 Å². The first kappa shape index (κ1) is 17.6. The van der Waals surface area contributed by atoms with E-state index in [4.69, 9.17) is 9.47 Å². The van der Waals surface area contributed by atoms with E-state index in [0.29, 0.717) is 6.61 Å². The zero-order chi connectivity index (χ0) is 19.6. The normalized spacial score (nSPS) is 14.2. The van der Waals surface area contributed by atoms with E-state index in [-0.39, 0.29) is 0 Å². The Labute approximate surface area is 168 Å². The smallest absolute Gasteiger partial charge is 0.175 e. The van der Waals surface area contributed by atoms with Gasteiger partial charge in [0.05, 0.1) is 12.6 Å². The molecule has 5 rings (SSSR count). The maximum absolute atomic E-state index is 6.10. The molecule has 146 valence electrons. The van der Waals surface area contributed by atoms with Crippen molar-refractivity contribution in [3.05, 3.63) is 66.3 Å². The molecule has 0 radical (unpaired) electrons. The minimum Gasteiger partial charge on any atom is -0.497 e. The van der Waals surface area contributed by atoms with Gasteiger partial charge in [-0.1, -0.05) is 6.08 Å². The quantitative estimate of drug-likeness (QED) is 0.567. The first-order valence-corrected chi connectivity index (χ1v) is 9.61. The Morgan fingerprint density at radius 2 is 2.10 bits per heavy atom. The fraction of sp³-hybridized carbons (Fsp3) is 0.227. The molecule has 4 heterocycles. The highest BCUT2D eigenvalue weighted by molar-refractivity contribution is 5.85. The van der Waals surface area contributed by atoms with Gasteiger partial charge in [0.15, 0.2) is 11.5 Å². The van der Waals surface area contributed by atoms with E-state index in [0.717, 1.165) is 53.4 Å². The van der Waals surface area contributed by atoms with Gasteiger partial charge in [-0.2, -0.15) is 0 Å². The zero-order valence-electron chi connectivity index (χ0n) is 16.1. The van der Waals surface area contributed by atoms with Crippen LogP contribution in [-0.4, -0.2) is 39.8 Å². The molecule has 0 saturated carbocycles. The molecule has 1 N–H and O–H groups in total. The molecule has 1 aliphatic rings. The lowest BCUT2D eigenvalue weighted by Crippen LogP contribution is -2.20. The van der Waals surface area contributed by atoms with Gasteiger partial charge in [-0.15, -0.1) is 10.2 Å². The number of nitrogens with zero attached hydrogens (tertiary/aromatic N) is 4. The maximum Gasteiger partial charge on any atom is 0.175 e. The minimum absolute atomic E-state index is 0.316. The van der Waals surface area contributed by atoms with Crippen molar-refractivity contribution in [2.24, 2.45) is 0 Å². The minimum atomic E-state index is 0.316. The highest BCUT2D eigenvalue weighted by Crippen LogP contribution is 2.28. The summed E-state index contributed by atoms with van der Waals surface area (Å²) in [6.45, 7) is 2.23. The van der Waals surface area contributed by atoms with Gasteiger partial charge in [-0.3, -0.25) is 9.38 Å². The monoisotopic (exact) mass is 387 g/mol. The maximum atomic E-state index is 6.10. The molecule has 0 unspecified atom stereocenters. The summed E-state index contributed by atoms with van der Waals surface area (Å²) in [4.78, 5) is 4.40. The Kier molecular flexibility index (Phi) is 4.57. The third-order valence-electron chi connectivity index (χ3n) is 5.17. The average Bonchev–Trinajstić information content (AvgIpc) is 3.20. The van der Waals surface area contributed by atoms with Gasteiger partial charge >= 0.3 is 0 Å². The SMILES string of the molecule is COc1ccc2c(OCc3nnc4ccc(C5=CCNCC5)cn34)ccnc2c1. The van der Waals surface area contributed by atoms with Gasteiger partial charge in [0, 0.05) is 30.4 Å². The molecular formula is C22H21N5O2. The van der Waals surface area contributed by atoms with Gasteiger partial charge in [0.1, 0.15) is 18.1 Å². The van der Waals surface area contributed by atoms with Crippen molar-refractivity contribution in [1.82, 2.24) is 24.9 Å². The largest absolute Gasteiger partial charge is 0.497 e. The van der Waals surface area contributed by atoms with E-state index in [1.807, 2.05) is 34.7 Å². The molecule has 1 aliphatic heterocycles. The molecule has 1 aromatic carbocycles. The summed E-state index contributed by atoms with van der Waals surface area (Å²) in [5, 5.41) is 12.9. The van der Waals surface area contributed by atoms with E-state index in [1.54, 1.807) is 13.3 Å². The average molecular weight is 387 g/mol. The Balaban J connectivity index is 1.43. The van der Waals surface area contributed by atoms with Crippen molar-refractivity contribution in [1.29, 1.82) is 0 Å². The Morgan fingerprint density at radius 3 is 2.97 bits per heavy atom. The number of hydrogen-bond acceptors (Lipinski definition) is 6. The highest BCUT2D eigenvalue weighted by Gasteiger charge is 2.12.